The van der Waals surface area contributed by atoms with Gasteiger partial charge >= 0.3 is 0 Å². The summed E-state index contributed by atoms with van der Waals surface area (Å²) in [5.41, 5.74) is 12.3. The molecule has 2 aliphatic carbocycles. The average Bonchev–Trinajstić information content (AvgIpc) is 2.36. The molecule has 2 fully saturated rings. The van der Waals surface area contributed by atoms with Crippen molar-refractivity contribution in [1.29, 1.82) is 0 Å². The van der Waals surface area contributed by atoms with E-state index in [0.717, 1.165) is 18.8 Å². The summed E-state index contributed by atoms with van der Waals surface area (Å²) in [7, 11) is 0. The quantitative estimate of drug-likeness (QED) is 0.543. The van der Waals surface area contributed by atoms with Crippen LogP contribution in [0.5, 0.6) is 0 Å². The van der Waals surface area contributed by atoms with Crippen LogP contribution in [0.15, 0.2) is 0 Å². The van der Waals surface area contributed by atoms with Crippen molar-refractivity contribution in [3.8, 4) is 0 Å². The zero-order chi connectivity index (χ0) is 8.28. The molecule has 2 nitrogen and oxygen atoms in total. The van der Waals surface area contributed by atoms with Crippen molar-refractivity contribution in [2.24, 2.45) is 23.3 Å². The van der Waals surface area contributed by atoms with Crippen molar-refractivity contribution >= 4 is 0 Å². The number of nitrogens with two attached hydrogens (primary N) is 2. The summed E-state index contributed by atoms with van der Waals surface area (Å²) < 4.78 is 0. The molecule has 2 bridgehead atoms. The van der Waals surface area contributed by atoms with Gasteiger partial charge in [0.05, 0.1) is 0 Å². The van der Waals surface area contributed by atoms with E-state index in [2.05, 4.69) is 13.8 Å². The molecule has 2 rings (SSSR count). The highest BCUT2D eigenvalue weighted by molar-refractivity contribution is 5.18. The molecule has 0 saturated heterocycles. The Hall–Kier alpha value is -0.0800. The number of fused-ring (bicyclic) bond motifs is 2. The zero-order valence-electron chi connectivity index (χ0n) is 7.43. The average molecular weight is 154 g/mol. The van der Waals surface area contributed by atoms with Crippen LogP contribution in [0.1, 0.15) is 33.1 Å². The van der Waals surface area contributed by atoms with Crippen LogP contribution < -0.4 is 11.5 Å². The molecule has 2 saturated carbocycles. The molecule has 2 heteroatoms. The van der Waals surface area contributed by atoms with Crippen molar-refractivity contribution in [3.05, 3.63) is 0 Å². The predicted molar refractivity (Wildman–Crippen MR) is 46.0 cm³/mol. The van der Waals surface area contributed by atoms with E-state index >= 15 is 0 Å². The molecule has 0 aliphatic heterocycles. The maximum atomic E-state index is 6.24. The molecule has 0 amide bonds. The Bertz CT molecular complexity index is 185. The van der Waals surface area contributed by atoms with Crippen LogP contribution in [0, 0.1) is 11.8 Å². The minimum Gasteiger partial charge on any atom is -0.324 e. The summed E-state index contributed by atoms with van der Waals surface area (Å²) in [5, 5.41) is 0. The lowest BCUT2D eigenvalue weighted by atomic mass is 9.72. The minimum absolute atomic E-state index is 0.0446. The van der Waals surface area contributed by atoms with Gasteiger partial charge in [-0.25, -0.2) is 0 Å². The molecule has 0 aromatic carbocycles. The Morgan fingerprint density at radius 2 is 2.00 bits per heavy atom. The first-order valence-corrected chi connectivity index (χ1v) is 4.55. The topological polar surface area (TPSA) is 52.0 Å². The van der Waals surface area contributed by atoms with Crippen LogP contribution in [-0.4, -0.2) is 11.1 Å². The molecule has 11 heavy (non-hydrogen) atoms. The molecular formula is C9H18N2. The van der Waals surface area contributed by atoms with E-state index in [0.29, 0.717) is 5.92 Å². The SMILES string of the molecule is CC1C2CCC(N)(C2)C1(C)N. The van der Waals surface area contributed by atoms with Crippen LogP contribution in [-0.2, 0) is 0 Å². The summed E-state index contributed by atoms with van der Waals surface area (Å²) in [6, 6.07) is 0. The fourth-order valence-electron chi connectivity index (χ4n) is 2.97. The van der Waals surface area contributed by atoms with Gasteiger partial charge in [-0.05, 0) is 38.0 Å². The first-order valence-electron chi connectivity index (χ1n) is 4.55. The van der Waals surface area contributed by atoms with E-state index in [9.17, 15) is 0 Å². The van der Waals surface area contributed by atoms with E-state index in [-0.39, 0.29) is 11.1 Å². The largest absolute Gasteiger partial charge is 0.324 e. The maximum absolute atomic E-state index is 6.24. The van der Waals surface area contributed by atoms with Crippen molar-refractivity contribution in [3.63, 3.8) is 0 Å². The second kappa shape index (κ2) is 1.80. The summed E-state index contributed by atoms with van der Waals surface area (Å²) in [6.45, 7) is 4.37. The molecule has 0 heterocycles. The fraction of sp³-hybridized carbons (Fsp3) is 1.00. The number of rotatable bonds is 0. The number of hydrogen-bond acceptors (Lipinski definition) is 2. The third kappa shape index (κ3) is 0.695. The van der Waals surface area contributed by atoms with Gasteiger partial charge in [0.25, 0.3) is 0 Å². The highest BCUT2D eigenvalue weighted by atomic mass is 15.0. The monoisotopic (exact) mass is 154 g/mol. The second-order valence-electron chi connectivity index (χ2n) is 4.73. The second-order valence-corrected chi connectivity index (χ2v) is 4.73. The Morgan fingerprint density at radius 1 is 1.36 bits per heavy atom. The molecular weight excluding hydrogens is 136 g/mol. The van der Waals surface area contributed by atoms with Crippen molar-refractivity contribution < 1.29 is 0 Å². The standard InChI is InChI=1S/C9H18N2/c1-6-7-3-4-9(11,5-7)8(6,2)10/h6-7H,3-5,10-11H2,1-2H3. The van der Waals surface area contributed by atoms with Gasteiger partial charge in [0, 0.05) is 11.1 Å². The van der Waals surface area contributed by atoms with Gasteiger partial charge in [0.2, 0.25) is 0 Å². The highest BCUT2D eigenvalue weighted by Gasteiger charge is 2.59. The first kappa shape index (κ1) is 7.56. The normalized spacial score (nSPS) is 62.2. The molecule has 0 aromatic heterocycles. The lowest BCUT2D eigenvalue weighted by Crippen LogP contribution is -2.63. The molecule has 4 atom stereocenters. The van der Waals surface area contributed by atoms with Gasteiger partial charge in [0.1, 0.15) is 0 Å². The molecule has 4 N–H and O–H groups in total. The van der Waals surface area contributed by atoms with Crippen LogP contribution in [0.25, 0.3) is 0 Å². The van der Waals surface area contributed by atoms with E-state index in [1.54, 1.807) is 0 Å². The molecule has 64 valence electrons. The highest BCUT2D eigenvalue weighted by Crippen LogP contribution is 2.54. The Kier molecular flexibility index (Phi) is 1.24. The van der Waals surface area contributed by atoms with Gasteiger partial charge in [-0.3, -0.25) is 0 Å². The van der Waals surface area contributed by atoms with Crippen LogP contribution in [0.3, 0.4) is 0 Å². The lowest BCUT2D eigenvalue weighted by molar-refractivity contribution is 0.182. The summed E-state index contributed by atoms with van der Waals surface area (Å²) in [6.07, 6.45) is 3.58. The zero-order valence-corrected chi connectivity index (χ0v) is 7.43. The van der Waals surface area contributed by atoms with Crippen LogP contribution >= 0.6 is 0 Å². The molecule has 0 aromatic rings. The number of hydrogen-bond donors (Lipinski definition) is 2. The predicted octanol–water partition coefficient (Wildman–Crippen LogP) is 0.851. The van der Waals surface area contributed by atoms with E-state index in [1.807, 2.05) is 0 Å². The molecule has 4 unspecified atom stereocenters. The van der Waals surface area contributed by atoms with Gasteiger partial charge < -0.3 is 11.5 Å². The molecule has 0 spiro atoms. The van der Waals surface area contributed by atoms with Crippen molar-refractivity contribution in [2.75, 3.05) is 0 Å². The maximum Gasteiger partial charge on any atom is 0.0339 e. The third-order valence-corrected chi connectivity index (χ3v) is 4.31. The van der Waals surface area contributed by atoms with Crippen LogP contribution in [0.4, 0.5) is 0 Å². The van der Waals surface area contributed by atoms with Gasteiger partial charge in [-0.15, -0.1) is 0 Å². The van der Waals surface area contributed by atoms with Gasteiger partial charge in [-0.2, -0.15) is 0 Å². The minimum atomic E-state index is -0.115. The molecule has 2 aliphatic rings. The fourth-order valence-corrected chi connectivity index (χ4v) is 2.97. The van der Waals surface area contributed by atoms with E-state index < -0.39 is 0 Å². The molecule has 0 radical (unpaired) electrons. The van der Waals surface area contributed by atoms with Gasteiger partial charge in [-0.1, -0.05) is 6.92 Å². The summed E-state index contributed by atoms with van der Waals surface area (Å²) in [5.74, 6) is 1.41. The summed E-state index contributed by atoms with van der Waals surface area (Å²) >= 11 is 0. The lowest BCUT2D eigenvalue weighted by Gasteiger charge is -2.42. The Balaban J connectivity index is 2.36. The van der Waals surface area contributed by atoms with E-state index in [4.69, 9.17) is 11.5 Å². The van der Waals surface area contributed by atoms with E-state index in [1.165, 1.54) is 6.42 Å². The van der Waals surface area contributed by atoms with Crippen molar-refractivity contribution in [1.82, 2.24) is 0 Å². The van der Waals surface area contributed by atoms with Gasteiger partial charge in [0.15, 0.2) is 0 Å². The van der Waals surface area contributed by atoms with Crippen molar-refractivity contribution in [2.45, 2.75) is 44.2 Å². The Morgan fingerprint density at radius 3 is 2.27 bits per heavy atom. The third-order valence-electron chi connectivity index (χ3n) is 4.31. The summed E-state index contributed by atoms with van der Waals surface area (Å²) in [4.78, 5) is 0. The smallest absolute Gasteiger partial charge is 0.0339 e. The Labute approximate surface area is 68.3 Å². The van der Waals surface area contributed by atoms with Crippen LogP contribution in [0.2, 0.25) is 0 Å². The first-order chi connectivity index (χ1) is 4.97.